The van der Waals surface area contributed by atoms with Crippen molar-refractivity contribution < 1.29 is 17.9 Å². The maximum atomic E-state index is 13.3. The smallest absolute Gasteiger partial charge is 0.253 e. The lowest BCUT2D eigenvalue weighted by Gasteiger charge is -2.38. The number of H-pyrrole nitrogens is 1. The number of pyridine rings is 1. The Kier molecular flexibility index (Phi) is 6.34. The van der Waals surface area contributed by atoms with Crippen LogP contribution in [0.5, 0.6) is 0 Å². The number of hydrogen-bond donors (Lipinski definition) is 1. The van der Waals surface area contributed by atoms with Gasteiger partial charge in [0.15, 0.2) is 0 Å². The number of benzene rings is 1. The molecule has 11 heteroatoms. The van der Waals surface area contributed by atoms with Crippen LogP contribution >= 0.6 is 22.9 Å². The van der Waals surface area contributed by atoms with Crippen LogP contribution < -0.4 is 0 Å². The first kappa shape index (κ1) is 23.3. The SMILES string of the molecule is COCCC(c1cc2cnccc2[nH]1)N1CCN(S(=O)(=O)c2cc3ccc(Cl)cc3s2)CC1=O. The predicted molar refractivity (Wildman–Crippen MR) is 133 cm³/mol. The summed E-state index contributed by atoms with van der Waals surface area (Å²) in [4.78, 5) is 22.5. The lowest BCUT2D eigenvalue weighted by atomic mass is 10.1. The third-order valence-corrected chi connectivity index (χ3v) is 9.68. The van der Waals surface area contributed by atoms with Gasteiger partial charge in [0.1, 0.15) is 4.21 Å². The van der Waals surface area contributed by atoms with Crippen molar-refractivity contribution >= 4 is 59.9 Å². The summed E-state index contributed by atoms with van der Waals surface area (Å²) in [5.41, 5.74) is 1.82. The Morgan fingerprint density at radius 3 is 2.82 bits per heavy atom. The van der Waals surface area contributed by atoms with E-state index in [0.717, 1.165) is 38.0 Å². The van der Waals surface area contributed by atoms with E-state index in [-0.39, 0.29) is 35.8 Å². The molecule has 0 spiro atoms. The largest absolute Gasteiger partial charge is 0.385 e. The van der Waals surface area contributed by atoms with Crippen LogP contribution in [0.1, 0.15) is 18.2 Å². The highest BCUT2D eigenvalue weighted by Gasteiger charge is 2.37. The highest BCUT2D eigenvalue weighted by molar-refractivity contribution is 7.91. The number of ether oxygens (including phenoxy) is 1. The van der Waals surface area contributed by atoms with E-state index in [0.29, 0.717) is 18.1 Å². The molecular weight excluding hydrogens is 496 g/mol. The number of fused-ring (bicyclic) bond motifs is 2. The monoisotopic (exact) mass is 518 g/mol. The van der Waals surface area contributed by atoms with Crippen LogP contribution in [-0.4, -0.2) is 66.8 Å². The van der Waals surface area contributed by atoms with E-state index in [9.17, 15) is 13.2 Å². The number of halogens is 1. The van der Waals surface area contributed by atoms with Gasteiger partial charge >= 0.3 is 0 Å². The van der Waals surface area contributed by atoms with Gasteiger partial charge in [0.2, 0.25) is 5.91 Å². The Morgan fingerprint density at radius 2 is 2.06 bits per heavy atom. The lowest BCUT2D eigenvalue weighted by Crippen LogP contribution is -2.53. The van der Waals surface area contributed by atoms with E-state index in [4.69, 9.17) is 16.3 Å². The molecule has 0 aliphatic carbocycles. The Balaban J connectivity index is 1.39. The summed E-state index contributed by atoms with van der Waals surface area (Å²) in [6.07, 6.45) is 4.07. The minimum absolute atomic E-state index is 0.206. The van der Waals surface area contributed by atoms with Gasteiger partial charge in [0.05, 0.1) is 12.6 Å². The first-order valence-corrected chi connectivity index (χ1v) is 13.4. The maximum absolute atomic E-state index is 13.3. The second-order valence-electron chi connectivity index (χ2n) is 8.16. The average molecular weight is 519 g/mol. The van der Waals surface area contributed by atoms with Crippen molar-refractivity contribution in [2.24, 2.45) is 0 Å². The summed E-state index contributed by atoms with van der Waals surface area (Å²) < 4.78 is 34.2. The molecule has 1 atom stereocenters. The molecule has 1 amide bonds. The Hall–Kier alpha value is -2.50. The lowest BCUT2D eigenvalue weighted by molar-refractivity contribution is -0.137. The number of amides is 1. The number of aromatic amines is 1. The fourth-order valence-corrected chi connectivity index (χ4v) is 7.53. The third-order valence-electron chi connectivity index (χ3n) is 6.05. The summed E-state index contributed by atoms with van der Waals surface area (Å²) in [6.45, 7) is 0.766. The van der Waals surface area contributed by atoms with E-state index in [2.05, 4.69) is 9.97 Å². The number of rotatable bonds is 7. The van der Waals surface area contributed by atoms with E-state index >= 15 is 0 Å². The number of nitrogens with one attached hydrogen (secondary N) is 1. The molecule has 0 saturated carbocycles. The number of thiophene rings is 1. The van der Waals surface area contributed by atoms with Gasteiger partial charge in [0, 0.05) is 65.5 Å². The number of methoxy groups -OCH3 is 1. The number of carbonyl (C=O) groups excluding carboxylic acids is 1. The molecule has 178 valence electrons. The zero-order chi connectivity index (χ0) is 23.9. The number of hydrogen-bond acceptors (Lipinski definition) is 6. The molecule has 34 heavy (non-hydrogen) atoms. The Morgan fingerprint density at radius 1 is 1.21 bits per heavy atom. The van der Waals surface area contributed by atoms with Crippen LogP contribution in [0, 0.1) is 0 Å². The van der Waals surface area contributed by atoms with Crippen molar-refractivity contribution in [1.29, 1.82) is 0 Å². The highest BCUT2D eigenvalue weighted by atomic mass is 35.5. The van der Waals surface area contributed by atoms with Gasteiger partial charge in [0.25, 0.3) is 10.0 Å². The summed E-state index contributed by atoms with van der Waals surface area (Å²) in [7, 11) is -2.18. The van der Waals surface area contributed by atoms with E-state index < -0.39 is 10.0 Å². The van der Waals surface area contributed by atoms with Crippen LogP contribution in [-0.2, 0) is 19.6 Å². The molecule has 0 radical (unpaired) electrons. The van der Waals surface area contributed by atoms with Crippen molar-refractivity contribution in [2.75, 3.05) is 33.4 Å². The molecule has 1 unspecified atom stereocenters. The van der Waals surface area contributed by atoms with Crippen molar-refractivity contribution in [1.82, 2.24) is 19.2 Å². The van der Waals surface area contributed by atoms with E-state index in [1.807, 2.05) is 12.1 Å². The topological polar surface area (TPSA) is 95.6 Å². The maximum Gasteiger partial charge on any atom is 0.253 e. The Bertz CT molecular complexity index is 1430. The van der Waals surface area contributed by atoms with Crippen LogP contribution in [0.4, 0.5) is 0 Å². The molecule has 1 fully saturated rings. The molecule has 5 rings (SSSR count). The zero-order valence-electron chi connectivity index (χ0n) is 18.4. The van der Waals surface area contributed by atoms with Gasteiger partial charge in [-0.25, -0.2) is 8.42 Å². The van der Waals surface area contributed by atoms with Crippen LogP contribution in [0.3, 0.4) is 0 Å². The quantitative estimate of drug-likeness (QED) is 0.398. The number of piperazine rings is 1. The summed E-state index contributed by atoms with van der Waals surface area (Å²) in [5.74, 6) is -0.239. The molecule has 3 aromatic heterocycles. The summed E-state index contributed by atoms with van der Waals surface area (Å²) >= 11 is 7.21. The van der Waals surface area contributed by atoms with Crippen LogP contribution in [0.2, 0.25) is 5.02 Å². The normalized spacial score (nSPS) is 16.5. The summed E-state index contributed by atoms with van der Waals surface area (Å²) in [6, 6.07) is 10.5. The highest BCUT2D eigenvalue weighted by Crippen LogP contribution is 2.34. The second kappa shape index (κ2) is 9.27. The molecular formula is C23H23ClN4O4S2. The van der Waals surface area contributed by atoms with Crippen LogP contribution in [0.25, 0.3) is 21.0 Å². The van der Waals surface area contributed by atoms with Crippen LogP contribution in [0.15, 0.2) is 53.0 Å². The number of nitrogens with zero attached hydrogens (tertiary/aromatic N) is 3. The molecule has 1 aromatic carbocycles. The van der Waals surface area contributed by atoms with Gasteiger partial charge < -0.3 is 14.6 Å². The number of sulfonamides is 1. The predicted octanol–water partition coefficient (Wildman–Crippen LogP) is 4.04. The molecule has 4 heterocycles. The number of aromatic nitrogens is 2. The number of carbonyl (C=O) groups is 1. The minimum atomic E-state index is -3.80. The molecule has 0 bridgehead atoms. The van der Waals surface area contributed by atoms with Gasteiger partial charge in [-0.3, -0.25) is 9.78 Å². The van der Waals surface area contributed by atoms with E-state index in [1.165, 1.54) is 4.31 Å². The molecule has 8 nitrogen and oxygen atoms in total. The Labute approximate surface area is 206 Å². The fraction of sp³-hybridized carbons (Fsp3) is 0.304. The average Bonchev–Trinajstić information content (AvgIpc) is 3.44. The zero-order valence-corrected chi connectivity index (χ0v) is 20.8. The molecule has 1 aliphatic heterocycles. The van der Waals surface area contributed by atoms with Crippen molar-refractivity contribution in [3.63, 3.8) is 0 Å². The van der Waals surface area contributed by atoms with Gasteiger partial charge in [-0.15, -0.1) is 11.3 Å². The van der Waals surface area contributed by atoms with Gasteiger partial charge in [-0.1, -0.05) is 17.7 Å². The van der Waals surface area contributed by atoms with Crippen molar-refractivity contribution in [2.45, 2.75) is 16.7 Å². The molecule has 1 aliphatic rings. The fourth-order valence-electron chi connectivity index (χ4n) is 4.32. The van der Waals surface area contributed by atoms with E-state index in [1.54, 1.807) is 48.7 Å². The van der Waals surface area contributed by atoms with Gasteiger partial charge in [-0.05, 0) is 42.1 Å². The standard InChI is InChI=1S/C23H23ClN4O4S2/c1-32-9-5-20(19-10-16-13-25-6-4-18(16)26-19)28-8-7-27(14-22(28)29)34(30,31)23-11-15-2-3-17(24)12-21(15)33-23/h2-4,6,10-13,20,26H,5,7-9,14H2,1H3. The second-order valence-corrected chi connectivity index (χ2v) is 11.8. The van der Waals surface area contributed by atoms with Crippen molar-refractivity contribution in [3.05, 3.63) is 59.5 Å². The van der Waals surface area contributed by atoms with Crippen molar-refractivity contribution in [3.8, 4) is 0 Å². The molecule has 1 saturated heterocycles. The first-order chi connectivity index (χ1) is 16.4. The summed E-state index contributed by atoms with van der Waals surface area (Å²) in [5, 5.41) is 2.32. The molecule has 4 aromatic rings. The molecule has 1 N–H and O–H groups in total. The third kappa shape index (κ3) is 4.32. The minimum Gasteiger partial charge on any atom is -0.385 e. The van der Waals surface area contributed by atoms with Gasteiger partial charge in [-0.2, -0.15) is 4.31 Å². The first-order valence-electron chi connectivity index (χ1n) is 10.8.